The highest BCUT2D eigenvalue weighted by Gasteiger charge is 2.30. The smallest absolute Gasteiger partial charge is 0.504 e. The molecule has 0 bridgehead atoms. The predicted molar refractivity (Wildman–Crippen MR) is 29.7 cm³/mol. The second-order valence-corrected chi connectivity index (χ2v) is 7.92. The lowest BCUT2D eigenvalue weighted by Gasteiger charge is -1.96. The minimum Gasteiger partial charge on any atom is -0.593 e. The van der Waals surface area contributed by atoms with Gasteiger partial charge in [0.15, 0.2) is 20.7 Å². The Bertz CT molecular complexity index is 95.1. The Kier molecular flexibility index (Phi) is 2.97. The molecule has 0 aromatic carbocycles. The SMILES string of the molecule is O=P(O)(Cl)[S+]([O-])Cl. The Morgan fingerprint density at radius 1 is 1.86 bits per heavy atom. The quantitative estimate of drug-likeness (QED) is 0.491. The molecule has 2 atom stereocenters. The van der Waals surface area contributed by atoms with Crippen molar-refractivity contribution in [3.63, 3.8) is 0 Å². The predicted octanol–water partition coefficient (Wildman–Crippen LogP) is 1.23. The van der Waals surface area contributed by atoms with Crippen LogP contribution in [0.25, 0.3) is 0 Å². The summed E-state index contributed by atoms with van der Waals surface area (Å²) in [6, 6.07) is 0. The van der Waals surface area contributed by atoms with Gasteiger partial charge in [0.1, 0.15) is 0 Å². The van der Waals surface area contributed by atoms with E-state index < -0.39 is 15.9 Å². The fraction of sp³-hybridized carbons (Fsp3) is 0. The molecule has 0 aromatic rings. The van der Waals surface area contributed by atoms with Crippen molar-refractivity contribution in [2.75, 3.05) is 0 Å². The van der Waals surface area contributed by atoms with Crippen LogP contribution in [0.2, 0.25) is 0 Å². The molecule has 7 heavy (non-hydrogen) atoms. The molecule has 0 saturated carbocycles. The van der Waals surface area contributed by atoms with Crippen LogP contribution in [0.3, 0.4) is 0 Å². The summed E-state index contributed by atoms with van der Waals surface area (Å²) in [7, 11) is 2.25. The molecule has 0 rings (SSSR count). The lowest BCUT2D eigenvalue weighted by Crippen LogP contribution is -1.82. The van der Waals surface area contributed by atoms with Gasteiger partial charge in [0.05, 0.1) is 0 Å². The van der Waals surface area contributed by atoms with Gasteiger partial charge in [-0.05, 0) is 0 Å². The molecule has 0 fully saturated rings. The van der Waals surface area contributed by atoms with Gasteiger partial charge in [0, 0.05) is 11.2 Å². The molecule has 2 unspecified atom stereocenters. The van der Waals surface area contributed by atoms with E-state index in [1.807, 2.05) is 0 Å². The van der Waals surface area contributed by atoms with E-state index in [9.17, 15) is 9.12 Å². The molecule has 0 amide bonds. The Labute approximate surface area is 52.3 Å². The van der Waals surface area contributed by atoms with E-state index in [2.05, 4.69) is 21.9 Å². The Morgan fingerprint density at radius 3 is 2.00 bits per heavy atom. The Balaban J connectivity index is 3.80. The fourth-order valence-electron chi connectivity index (χ4n) is 0. The summed E-state index contributed by atoms with van der Waals surface area (Å²) in [5, 5.41) is 0. The first kappa shape index (κ1) is 8.08. The summed E-state index contributed by atoms with van der Waals surface area (Å²) in [5.74, 6) is -4.03. The van der Waals surface area contributed by atoms with Gasteiger partial charge in [0.25, 0.3) is 0 Å². The minimum atomic E-state index is -4.03. The second kappa shape index (κ2) is 2.58. The zero-order valence-electron chi connectivity index (χ0n) is 2.88. The normalized spacial score (nSPS) is 23.4. The maximum atomic E-state index is 9.80. The van der Waals surface area contributed by atoms with Gasteiger partial charge in [0.2, 0.25) is 0 Å². The molecule has 7 heteroatoms. The van der Waals surface area contributed by atoms with Crippen molar-refractivity contribution in [2.24, 2.45) is 0 Å². The van der Waals surface area contributed by atoms with Crippen molar-refractivity contribution >= 4 is 37.9 Å². The summed E-state index contributed by atoms with van der Waals surface area (Å²) < 4.78 is 19.5. The zero-order valence-corrected chi connectivity index (χ0v) is 6.10. The molecule has 0 spiro atoms. The first-order valence-corrected chi connectivity index (χ1v) is 6.20. The van der Waals surface area contributed by atoms with Crippen LogP contribution < -0.4 is 0 Å². The third kappa shape index (κ3) is 3.64. The summed E-state index contributed by atoms with van der Waals surface area (Å²) in [5.41, 5.74) is 0. The van der Waals surface area contributed by atoms with Gasteiger partial charge in [-0.2, -0.15) is 0 Å². The van der Waals surface area contributed by atoms with Crippen molar-refractivity contribution in [3.05, 3.63) is 0 Å². The zero-order chi connectivity index (χ0) is 6.08. The van der Waals surface area contributed by atoms with Gasteiger partial charge in [-0.3, -0.25) is 4.89 Å². The van der Waals surface area contributed by atoms with E-state index in [0.29, 0.717) is 0 Å². The Hall–Kier alpha value is 1.08. The third-order valence-electron chi connectivity index (χ3n) is 0.177. The average molecular weight is 183 g/mol. The van der Waals surface area contributed by atoms with Crippen molar-refractivity contribution in [1.29, 1.82) is 0 Å². The van der Waals surface area contributed by atoms with Crippen molar-refractivity contribution < 1.29 is 14.0 Å². The van der Waals surface area contributed by atoms with Crippen molar-refractivity contribution in [3.8, 4) is 0 Å². The van der Waals surface area contributed by atoms with Gasteiger partial charge in [-0.25, -0.2) is 4.57 Å². The van der Waals surface area contributed by atoms with Crippen LogP contribution in [0, 0.1) is 0 Å². The van der Waals surface area contributed by atoms with E-state index in [-0.39, 0.29) is 0 Å². The molecule has 3 nitrogen and oxygen atoms in total. The molecule has 1 N–H and O–H groups in total. The van der Waals surface area contributed by atoms with E-state index in [1.165, 1.54) is 0 Å². The molecule has 0 radical (unpaired) electrons. The Morgan fingerprint density at radius 2 is 2.00 bits per heavy atom. The summed E-state index contributed by atoms with van der Waals surface area (Å²) in [4.78, 5) is 7.98. The summed E-state index contributed by atoms with van der Waals surface area (Å²) in [6.07, 6.45) is 0. The molecule has 0 aliphatic heterocycles. The lowest BCUT2D eigenvalue weighted by atomic mass is 15.9. The number of hydrogen-bond acceptors (Lipinski definition) is 2. The van der Waals surface area contributed by atoms with Gasteiger partial charge >= 0.3 is 5.92 Å². The highest BCUT2D eigenvalue weighted by Crippen LogP contribution is 2.55. The molecule has 0 aliphatic carbocycles. The average Bonchev–Trinajstić information content (AvgIpc) is 1.31. The lowest BCUT2D eigenvalue weighted by molar-refractivity contribution is 0.506. The maximum absolute atomic E-state index is 9.80. The highest BCUT2D eigenvalue weighted by molar-refractivity contribution is 8.67. The van der Waals surface area contributed by atoms with Crippen LogP contribution in [0.15, 0.2) is 0 Å². The maximum Gasteiger partial charge on any atom is 0.504 e. The van der Waals surface area contributed by atoms with Crippen molar-refractivity contribution in [2.45, 2.75) is 0 Å². The van der Waals surface area contributed by atoms with Crippen LogP contribution in [-0.4, -0.2) is 9.45 Å². The molecule has 0 heterocycles. The van der Waals surface area contributed by atoms with Crippen LogP contribution >= 0.6 is 27.8 Å². The molecule has 44 valence electrons. The van der Waals surface area contributed by atoms with Crippen LogP contribution in [0.5, 0.6) is 0 Å². The molecule has 0 aliphatic rings. The molecular formula is HCl2O3PS. The van der Waals surface area contributed by atoms with E-state index >= 15 is 0 Å². The number of hydrogen-bond donors (Lipinski definition) is 1. The van der Waals surface area contributed by atoms with Gasteiger partial charge < -0.3 is 4.55 Å². The van der Waals surface area contributed by atoms with Gasteiger partial charge in [-0.15, -0.1) is 0 Å². The highest BCUT2D eigenvalue weighted by atomic mass is 35.8. The first-order valence-electron chi connectivity index (χ1n) is 1.06. The van der Waals surface area contributed by atoms with Crippen LogP contribution in [-0.2, 0) is 14.6 Å². The largest absolute Gasteiger partial charge is 0.593 e. The molecular weight excluding hydrogens is 182 g/mol. The standard InChI is InChI=1S/Cl2HO3PS/c1-6(3,4)7(2)5/h(H,3,4). The van der Waals surface area contributed by atoms with Crippen LogP contribution in [0.1, 0.15) is 0 Å². The van der Waals surface area contributed by atoms with Gasteiger partial charge in [-0.1, -0.05) is 0 Å². The van der Waals surface area contributed by atoms with E-state index in [4.69, 9.17) is 4.89 Å². The molecule has 0 saturated heterocycles. The van der Waals surface area contributed by atoms with E-state index in [0.717, 1.165) is 0 Å². The third-order valence-corrected chi connectivity index (χ3v) is 5.04. The topological polar surface area (TPSA) is 60.4 Å². The first-order chi connectivity index (χ1) is 2.94. The summed E-state index contributed by atoms with van der Waals surface area (Å²) in [6.45, 7) is 0. The monoisotopic (exact) mass is 182 g/mol. The number of halogens is 2. The summed E-state index contributed by atoms with van der Waals surface area (Å²) >= 11 is 4.55. The molecule has 0 aromatic heterocycles. The van der Waals surface area contributed by atoms with E-state index in [1.54, 1.807) is 0 Å². The minimum absolute atomic E-state index is 2.33. The number of rotatable bonds is 1. The second-order valence-electron chi connectivity index (χ2n) is 0.658. The fourth-order valence-corrected chi connectivity index (χ4v) is 0. The van der Waals surface area contributed by atoms with Crippen LogP contribution in [0.4, 0.5) is 0 Å². The van der Waals surface area contributed by atoms with Crippen molar-refractivity contribution in [1.82, 2.24) is 0 Å².